The molecule has 0 amide bonds. The minimum Gasteiger partial charge on any atom is -0.387 e. The van der Waals surface area contributed by atoms with Gasteiger partial charge >= 0.3 is 15.6 Å². The number of aromatic amines is 1. The summed E-state index contributed by atoms with van der Waals surface area (Å²) in [5.74, 6) is 0. The van der Waals surface area contributed by atoms with Gasteiger partial charge in [-0.1, -0.05) is 0 Å². The van der Waals surface area contributed by atoms with Gasteiger partial charge in [0.25, 0.3) is 5.56 Å². The van der Waals surface area contributed by atoms with E-state index in [1.807, 2.05) is 0 Å². The Labute approximate surface area is 178 Å². The third kappa shape index (κ3) is 4.30. The monoisotopic (exact) mass is 495 g/mol. The lowest BCUT2D eigenvalue weighted by atomic mass is 9.96. The first-order valence-electron chi connectivity index (χ1n) is 8.98. The number of rotatable bonds is 6. The van der Waals surface area contributed by atoms with Crippen molar-refractivity contribution in [3.05, 3.63) is 27.8 Å². The molecule has 0 saturated carbocycles. The van der Waals surface area contributed by atoms with E-state index in [4.69, 9.17) is 14.5 Å². The second-order valence-corrected chi connectivity index (χ2v) is 10.2. The zero-order valence-corrected chi connectivity index (χ0v) is 18.0. The van der Waals surface area contributed by atoms with Gasteiger partial charge in [-0.25, -0.2) is 13.8 Å². The average molecular weight is 495 g/mol. The lowest BCUT2D eigenvalue weighted by Crippen LogP contribution is -2.44. The normalized spacial score (nSPS) is 29.6. The van der Waals surface area contributed by atoms with Crippen molar-refractivity contribution in [3.63, 3.8) is 0 Å². The molecular formula is C14H19N5O11P2. The third-order valence-electron chi connectivity index (χ3n) is 4.97. The minimum absolute atomic E-state index is 0.182. The molecule has 0 aliphatic carbocycles. The van der Waals surface area contributed by atoms with Crippen LogP contribution in [-0.4, -0.2) is 70.3 Å². The van der Waals surface area contributed by atoms with E-state index in [0.29, 0.717) is 16.8 Å². The topological polar surface area (TPSA) is 238 Å². The number of aliphatic hydroxyl groups is 2. The van der Waals surface area contributed by atoms with Gasteiger partial charge in [-0.05, 0) is 6.92 Å². The number of ether oxygens (including phenoxy) is 1. The second-order valence-electron chi connectivity index (χ2n) is 7.34. The average Bonchev–Trinajstić information content (AvgIpc) is 2.97. The minimum atomic E-state index is -5.33. The predicted octanol–water partition coefficient (Wildman–Crippen LogP) is -1.65. The van der Waals surface area contributed by atoms with Crippen molar-refractivity contribution in [2.45, 2.75) is 37.5 Å². The van der Waals surface area contributed by atoms with Crippen LogP contribution in [0.5, 0.6) is 0 Å². The van der Waals surface area contributed by atoms with Crippen LogP contribution >= 0.6 is 15.6 Å². The van der Waals surface area contributed by atoms with Crippen molar-refractivity contribution >= 4 is 21.9 Å². The van der Waals surface area contributed by atoms with Gasteiger partial charge in [-0.3, -0.25) is 9.32 Å². The molecule has 1 unspecified atom stereocenters. The Bertz CT molecular complexity index is 1190. The van der Waals surface area contributed by atoms with Gasteiger partial charge in [0.2, 0.25) is 0 Å². The van der Waals surface area contributed by atoms with E-state index in [2.05, 4.69) is 29.4 Å². The fraction of sp³-hybridized carbons (Fsp3) is 0.500. The third-order valence-corrected chi connectivity index (χ3v) is 7.13. The van der Waals surface area contributed by atoms with Gasteiger partial charge in [0.15, 0.2) is 6.23 Å². The molecule has 4 heterocycles. The van der Waals surface area contributed by atoms with E-state index < -0.39 is 46.3 Å². The summed E-state index contributed by atoms with van der Waals surface area (Å²) >= 11 is 0. The zero-order valence-electron chi connectivity index (χ0n) is 16.2. The Hall–Kier alpha value is -1.97. The summed E-state index contributed by atoms with van der Waals surface area (Å²) in [6, 6.07) is 0. The highest BCUT2D eigenvalue weighted by atomic mass is 31.3. The Kier molecular flexibility index (Phi) is 5.66. The van der Waals surface area contributed by atoms with E-state index in [0.717, 1.165) is 4.68 Å². The van der Waals surface area contributed by atoms with Crippen LogP contribution in [0.25, 0.3) is 11.3 Å². The molecule has 4 aliphatic heterocycles. The number of hydrogen-bond acceptors (Lipinski definition) is 11. The van der Waals surface area contributed by atoms with E-state index in [1.165, 1.54) is 19.3 Å². The van der Waals surface area contributed by atoms with Crippen LogP contribution in [0.3, 0.4) is 0 Å². The fourth-order valence-corrected chi connectivity index (χ4v) is 5.16. The molecule has 1 fully saturated rings. The molecule has 0 radical (unpaired) electrons. The van der Waals surface area contributed by atoms with Gasteiger partial charge in [-0.15, -0.1) is 0 Å². The lowest BCUT2D eigenvalue weighted by Gasteiger charge is -2.28. The van der Waals surface area contributed by atoms with Crippen LogP contribution in [0.2, 0.25) is 0 Å². The Morgan fingerprint density at radius 3 is 2.78 bits per heavy atom. The molecule has 16 nitrogen and oxygen atoms in total. The van der Waals surface area contributed by atoms with Gasteiger partial charge < -0.3 is 40.0 Å². The molecule has 0 aromatic heterocycles. The van der Waals surface area contributed by atoms with Gasteiger partial charge in [-0.2, -0.15) is 14.5 Å². The number of aromatic nitrogens is 3. The van der Waals surface area contributed by atoms with E-state index in [1.54, 1.807) is 0 Å². The first kappa shape index (κ1) is 23.2. The van der Waals surface area contributed by atoms with Gasteiger partial charge in [0.1, 0.15) is 23.5 Å². The highest BCUT2D eigenvalue weighted by molar-refractivity contribution is 7.60. The molecule has 1 saturated heterocycles. The number of phosphoric acid groups is 2. The first-order chi connectivity index (χ1) is 14.8. The number of hydrogen-bond donors (Lipinski definition) is 7. The molecule has 18 heteroatoms. The molecule has 176 valence electrons. The summed E-state index contributed by atoms with van der Waals surface area (Å²) in [7, 11) is -10.5. The number of aliphatic hydroxyl groups excluding tert-OH is 1. The number of H-pyrrole nitrogens is 1. The molecule has 0 aromatic rings. The quantitative estimate of drug-likeness (QED) is 0.223. The standard InChI is InChI=1S/C14H19N5O11P2/c1-14(22)11(20)9(5-28-32(26,27)30-31(23,24)25)29-13(14)19-4-8-10-6(12(21)17-8)2-15-16-3-7(10)18-19/h3-4,9,11,13,15,20,22H,2,5H2,1H3,(H,17,21)(H,26,27)(H2,23,24,25)/t9-,11-,13-,14-/m1/s1. The Morgan fingerprint density at radius 2 is 2.09 bits per heavy atom. The molecule has 0 aromatic carbocycles. The second kappa shape index (κ2) is 7.81. The van der Waals surface area contributed by atoms with E-state index in [-0.39, 0.29) is 17.8 Å². The summed E-state index contributed by atoms with van der Waals surface area (Å²) < 4.78 is 37.3. The van der Waals surface area contributed by atoms with Crippen molar-refractivity contribution < 1.29 is 47.6 Å². The SMILES string of the molecule is C[C@@]1(O)[C@H](O)[C@@H](COP(=O)(O)OP(=O)(O)O)O[C@H]1n1cc2[nH]c(=O)c3c-2c(n1)C=NNC3. The van der Waals surface area contributed by atoms with Crippen molar-refractivity contribution in [3.8, 4) is 11.3 Å². The Balaban J connectivity index is 1.62. The highest BCUT2D eigenvalue weighted by Crippen LogP contribution is 2.57. The molecule has 5 atom stereocenters. The molecule has 4 rings (SSSR count). The molecule has 0 spiro atoms. The summed E-state index contributed by atoms with van der Waals surface area (Å²) in [5, 5.41) is 29.5. The number of nitrogens with one attached hydrogen (secondary N) is 2. The van der Waals surface area contributed by atoms with E-state index >= 15 is 0 Å². The summed E-state index contributed by atoms with van der Waals surface area (Å²) in [6.45, 7) is 0.542. The Morgan fingerprint density at radius 1 is 1.38 bits per heavy atom. The maximum absolute atomic E-state index is 12.2. The maximum Gasteiger partial charge on any atom is 0.481 e. The van der Waals surface area contributed by atoms with Crippen molar-refractivity contribution in [1.29, 1.82) is 0 Å². The number of nitrogens with zero attached hydrogens (tertiary/aromatic N) is 3. The van der Waals surface area contributed by atoms with Crippen molar-refractivity contribution in [2.75, 3.05) is 6.61 Å². The molecule has 7 N–H and O–H groups in total. The van der Waals surface area contributed by atoms with Crippen LogP contribution in [0.15, 0.2) is 16.1 Å². The highest BCUT2D eigenvalue weighted by Gasteiger charge is 2.54. The van der Waals surface area contributed by atoms with Crippen molar-refractivity contribution in [2.24, 2.45) is 5.10 Å². The van der Waals surface area contributed by atoms with Gasteiger partial charge in [0, 0.05) is 11.1 Å². The largest absolute Gasteiger partial charge is 0.481 e. The van der Waals surface area contributed by atoms with Crippen LogP contribution in [0.4, 0.5) is 0 Å². The van der Waals surface area contributed by atoms with Crippen LogP contribution in [-0.2, 0) is 29.2 Å². The number of hydrazone groups is 1. The van der Waals surface area contributed by atoms with Crippen LogP contribution in [0.1, 0.15) is 24.4 Å². The maximum atomic E-state index is 12.2. The lowest BCUT2D eigenvalue weighted by molar-refractivity contribution is -0.103. The molecule has 0 bridgehead atoms. The van der Waals surface area contributed by atoms with Gasteiger partial charge in [0.05, 0.1) is 31.3 Å². The van der Waals surface area contributed by atoms with Crippen LogP contribution in [0, 0.1) is 0 Å². The molecular weight excluding hydrogens is 476 g/mol. The zero-order chi connectivity index (χ0) is 23.5. The summed E-state index contributed by atoms with van der Waals surface area (Å²) in [4.78, 5) is 41.6. The molecule has 32 heavy (non-hydrogen) atoms. The smallest absolute Gasteiger partial charge is 0.387 e. The predicted molar refractivity (Wildman–Crippen MR) is 103 cm³/mol. The van der Waals surface area contributed by atoms with E-state index in [9.17, 15) is 29.0 Å². The van der Waals surface area contributed by atoms with Crippen molar-refractivity contribution in [1.82, 2.24) is 20.2 Å². The molecule has 4 aliphatic rings. The number of phosphoric ester groups is 1. The fourth-order valence-electron chi connectivity index (χ4n) is 3.56. The first-order valence-corrected chi connectivity index (χ1v) is 12.0. The van der Waals surface area contributed by atoms with Crippen LogP contribution < -0.4 is 11.0 Å². The summed E-state index contributed by atoms with van der Waals surface area (Å²) in [6.07, 6.45) is -1.68. The summed E-state index contributed by atoms with van der Waals surface area (Å²) in [5.41, 5.74) is 1.94.